The smallest absolute Gasteiger partial charge is 0.380 e. The maximum Gasteiger partial charge on any atom is 0.418 e. The minimum absolute atomic E-state index is 0.0185. The highest BCUT2D eigenvalue weighted by atomic mass is 19.4. The molecule has 0 bridgehead atoms. The summed E-state index contributed by atoms with van der Waals surface area (Å²) in [6.07, 6.45) is -4.74. The molecule has 2 N–H and O–H groups in total. The molecular formula is C23H22F3N3O2. The van der Waals surface area contributed by atoms with Crippen molar-refractivity contribution in [3.8, 4) is 0 Å². The molecule has 0 heterocycles. The van der Waals surface area contributed by atoms with Gasteiger partial charge in [0.1, 0.15) is 5.69 Å². The zero-order chi connectivity index (χ0) is 22.6. The molecule has 162 valence electrons. The van der Waals surface area contributed by atoms with Crippen LogP contribution in [0.5, 0.6) is 0 Å². The molecule has 0 saturated heterocycles. The van der Waals surface area contributed by atoms with Gasteiger partial charge >= 0.3 is 6.18 Å². The highest BCUT2D eigenvalue weighted by molar-refractivity contribution is 5.72. The van der Waals surface area contributed by atoms with E-state index in [0.717, 1.165) is 28.3 Å². The SMILES string of the molecule is Cc1ccc(CNc2cc(NCc3ccc(C)cc3)c(C(F)(F)F)cc2[N+](=O)[O-])cc1. The van der Waals surface area contributed by atoms with E-state index in [1.165, 1.54) is 0 Å². The minimum atomic E-state index is -4.74. The van der Waals surface area contributed by atoms with Crippen molar-refractivity contribution in [2.75, 3.05) is 10.6 Å². The Hall–Kier alpha value is -3.55. The summed E-state index contributed by atoms with van der Waals surface area (Å²) in [4.78, 5) is 10.6. The molecule has 0 aromatic heterocycles. The quantitative estimate of drug-likeness (QED) is 0.334. The lowest BCUT2D eigenvalue weighted by atomic mass is 10.1. The fourth-order valence-corrected chi connectivity index (χ4v) is 3.07. The Kier molecular flexibility index (Phi) is 6.48. The number of benzene rings is 3. The molecule has 3 aromatic rings. The molecule has 0 unspecified atom stereocenters. The molecule has 0 fully saturated rings. The van der Waals surface area contributed by atoms with Gasteiger partial charge in [-0.3, -0.25) is 10.1 Å². The third-order valence-electron chi connectivity index (χ3n) is 4.85. The summed E-state index contributed by atoms with van der Waals surface area (Å²) < 4.78 is 40.8. The Morgan fingerprint density at radius 3 is 1.68 bits per heavy atom. The average molecular weight is 429 g/mol. The number of anilines is 2. The van der Waals surface area contributed by atoms with Gasteiger partial charge in [0, 0.05) is 24.8 Å². The van der Waals surface area contributed by atoms with Crippen LogP contribution in [0.2, 0.25) is 0 Å². The molecule has 31 heavy (non-hydrogen) atoms. The van der Waals surface area contributed by atoms with E-state index in [-0.39, 0.29) is 24.5 Å². The monoisotopic (exact) mass is 429 g/mol. The summed E-state index contributed by atoms with van der Waals surface area (Å²) in [6.45, 7) is 4.24. The van der Waals surface area contributed by atoms with Crippen molar-refractivity contribution in [3.63, 3.8) is 0 Å². The van der Waals surface area contributed by atoms with Gasteiger partial charge in [0.25, 0.3) is 5.69 Å². The second kappa shape index (κ2) is 9.07. The fourth-order valence-electron chi connectivity index (χ4n) is 3.07. The topological polar surface area (TPSA) is 67.2 Å². The second-order valence-corrected chi connectivity index (χ2v) is 7.35. The number of hydrogen-bond donors (Lipinski definition) is 2. The predicted octanol–water partition coefficient (Wildman–Crippen LogP) is 6.45. The first-order valence-corrected chi connectivity index (χ1v) is 9.62. The van der Waals surface area contributed by atoms with Crippen LogP contribution in [-0.4, -0.2) is 4.92 Å². The molecule has 3 aromatic carbocycles. The van der Waals surface area contributed by atoms with E-state index < -0.39 is 22.4 Å². The zero-order valence-corrected chi connectivity index (χ0v) is 17.1. The van der Waals surface area contributed by atoms with Crippen LogP contribution in [0.1, 0.15) is 27.8 Å². The molecule has 0 amide bonds. The van der Waals surface area contributed by atoms with E-state index in [4.69, 9.17) is 0 Å². The maximum atomic E-state index is 13.6. The summed E-state index contributed by atoms with van der Waals surface area (Å²) in [5, 5.41) is 17.1. The van der Waals surface area contributed by atoms with Crippen molar-refractivity contribution in [1.82, 2.24) is 0 Å². The lowest BCUT2D eigenvalue weighted by Gasteiger charge is -2.17. The minimum Gasteiger partial charge on any atom is -0.380 e. The standard InChI is InChI=1S/C23H22F3N3O2/c1-15-3-7-17(8-4-15)13-27-20-12-21(28-14-18-9-5-16(2)6-10-18)22(29(30)31)11-19(20)23(24,25)26/h3-12,27-28H,13-14H2,1-2H3. The summed E-state index contributed by atoms with van der Waals surface area (Å²) in [5.74, 6) is 0. The van der Waals surface area contributed by atoms with E-state index in [1.54, 1.807) is 0 Å². The van der Waals surface area contributed by atoms with E-state index in [9.17, 15) is 23.3 Å². The number of aryl methyl sites for hydroxylation is 2. The lowest BCUT2D eigenvalue weighted by Crippen LogP contribution is -2.13. The fraction of sp³-hybridized carbons (Fsp3) is 0.217. The van der Waals surface area contributed by atoms with Crippen LogP contribution in [0.15, 0.2) is 60.7 Å². The summed E-state index contributed by atoms with van der Waals surface area (Å²) in [6, 6.07) is 16.6. The van der Waals surface area contributed by atoms with Crippen molar-refractivity contribution in [2.45, 2.75) is 33.1 Å². The number of nitro groups is 1. The molecule has 5 nitrogen and oxygen atoms in total. The van der Waals surface area contributed by atoms with Crippen molar-refractivity contribution < 1.29 is 18.1 Å². The van der Waals surface area contributed by atoms with Crippen LogP contribution >= 0.6 is 0 Å². The Labute approximate surface area is 178 Å². The number of nitrogens with one attached hydrogen (secondary N) is 2. The number of halogens is 3. The third-order valence-corrected chi connectivity index (χ3v) is 4.85. The number of nitro benzene ring substituents is 1. The van der Waals surface area contributed by atoms with Crippen molar-refractivity contribution in [3.05, 3.63) is 98.6 Å². The number of rotatable bonds is 7. The molecule has 0 spiro atoms. The molecule has 3 rings (SSSR count). The van der Waals surface area contributed by atoms with Gasteiger partial charge in [-0.25, -0.2) is 0 Å². The molecule has 0 radical (unpaired) electrons. The van der Waals surface area contributed by atoms with E-state index in [2.05, 4.69) is 10.6 Å². The van der Waals surface area contributed by atoms with Crippen LogP contribution in [0.25, 0.3) is 0 Å². The van der Waals surface area contributed by atoms with Gasteiger partial charge in [-0.1, -0.05) is 59.7 Å². The van der Waals surface area contributed by atoms with Gasteiger partial charge in [0.2, 0.25) is 0 Å². The Morgan fingerprint density at radius 1 is 0.806 bits per heavy atom. The average Bonchev–Trinajstić information content (AvgIpc) is 2.71. The molecule has 0 aliphatic rings. The summed E-state index contributed by atoms with van der Waals surface area (Å²) >= 11 is 0. The molecule has 0 aliphatic carbocycles. The van der Waals surface area contributed by atoms with Gasteiger partial charge in [-0.15, -0.1) is 0 Å². The molecule has 0 saturated carbocycles. The second-order valence-electron chi connectivity index (χ2n) is 7.35. The predicted molar refractivity (Wildman–Crippen MR) is 115 cm³/mol. The molecule has 8 heteroatoms. The largest absolute Gasteiger partial charge is 0.418 e. The van der Waals surface area contributed by atoms with Crippen molar-refractivity contribution >= 4 is 17.1 Å². The molecule has 0 aliphatic heterocycles. The number of hydrogen-bond acceptors (Lipinski definition) is 4. The lowest BCUT2D eigenvalue weighted by molar-refractivity contribution is -0.384. The van der Waals surface area contributed by atoms with E-state index in [1.807, 2.05) is 62.4 Å². The van der Waals surface area contributed by atoms with Crippen LogP contribution in [-0.2, 0) is 19.3 Å². The van der Waals surface area contributed by atoms with Gasteiger partial charge in [-0.2, -0.15) is 13.2 Å². The normalized spacial score (nSPS) is 11.3. The zero-order valence-electron chi connectivity index (χ0n) is 17.1. The van der Waals surface area contributed by atoms with Gasteiger partial charge in [-0.05, 0) is 31.0 Å². The van der Waals surface area contributed by atoms with Crippen LogP contribution in [0.4, 0.5) is 30.2 Å². The summed E-state index contributed by atoms with van der Waals surface area (Å²) in [5.41, 5.74) is 1.85. The van der Waals surface area contributed by atoms with Crippen molar-refractivity contribution in [2.24, 2.45) is 0 Å². The highest BCUT2D eigenvalue weighted by Crippen LogP contribution is 2.41. The number of nitrogens with zero attached hydrogens (tertiary/aromatic N) is 1. The first kappa shape index (κ1) is 22.1. The summed E-state index contributed by atoms with van der Waals surface area (Å²) in [7, 11) is 0. The Bertz CT molecular complexity index is 1060. The maximum absolute atomic E-state index is 13.6. The van der Waals surface area contributed by atoms with Gasteiger partial charge in [0.15, 0.2) is 0 Å². The van der Waals surface area contributed by atoms with Crippen molar-refractivity contribution in [1.29, 1.82) is 0 Å². The van der Waals surface area contributed by atoms with Gasteiger partial charge in [0.05, 0.1) is 10.5 Å². The molecular weight excluding hydrogens is 407 g/mol. The van der Waals surface area contributed by atoms with Crippen LogP contribution in [0, 0.1) is 24.0 Å². The third kappa shape index (κ3) is 5.75. The van der Waals surface area contributed by atoms with E-state index >= 15 is 0 Å². The Morgan fingerprint density at radius 2 is 1.26 bits per heavy atom. The van der Waals surface area contributed by atoms with Gasteiger partial charge < -0.3 is 10.6 Å². The first-order chi connectivity index (χ1) is 14.6. The van der Waals surface area contributed by atoms with E-state index in [0.29, 0.717) is 6.07 Å². The van der Waals surface area contributed by atoms with Crippen LogP contribution in [0.3, 0.4) is 0 Å². The number of alkyl halides is 3. The molecule has 0 atom stereocenters. The highest BCUT2D eigenvalue weighted by Gasteiger charge is 2.36. The van der Waals surface area contributed by atoms with Crippen LogP contribution < -0.4 is 10.6 Å². The first-order valence-electron chi connectivity index (χ1n) is 9.62. The Balaban J connectivity index is 1.92.